The number of carbonyl (C=O) groups excluding carboxylic acids is 2. The van der Waals surface area contributed by atoms with Gasteiger partial charge in [-0.1, -0.05) is 17.7 Å². The van der Waals surface area contributed by atoms with E-state index >= 15 is 0 Å². The molecule has 2 N–H and O–H groups in total. The second-order valence-corrected chi connectivity index (χ2v) is 7.55. The highest BCUT2D eigenvalue weighted by atomic mass is 35.5. The number of carbonyl (C=O) groups is 2. The van der Waals surface area contributed by atoms with E-state index in [0.717, 1.165) is 16.1 Å². The zero-order valence-electron chi connectivity index (χ0n) is 15.8. The van der Waals surface area contributed by atoms with E-state index in [0.29, 0.717) is 10.8 Å². The Balaban J connectivity index is 1.56. The highest BCUT2D eigenvalue weighted by Crippen LogP contribution is 2.23. The van der Waals surface area contributed by atoms with Gasteiger partial charge in [0.05, 0.1) is 12.9 Å². The third-order valence-corrected chi connectivity index (χ3v) is 5.17. The molecule has 2 aromatic carbocycles. The predicted molar refractivity (Wildman–Crippen MR) is 113 cm³/mol. The molecule has 0 radical (unpaired) electrons. The number of ether oxygens (including phenoxy) is 1. The first-order valence-electron chi connectivity index (χ1n) is 8.64. The van der Waals surface area contributed by atoms with E-state index in [-0.39, 0.29) is 17.4 Å². The fourth-order valence-electron chi connectivity index (χ4n) is 2.46. The largest absolute Gasteiger partial charge is 0.494 e. The van der Waals surface area contributed by atoms with Crippen LogP contribution in [0.3, 0.4) is 0 Å². The molecule has 3 aromatic rings. The maximum Gasteiger partial charge on any atom is 0.290 e. The fraction of sp³-hybridized carbons (Fsp3) is 0.150. The molecule has 0 unspecified atom stereocenters. The molecule has 0 spiro atoms. The van der Waals surface area contributed by atoms with Crippen molar-refractivity contribution >= 4 is 35.2 Å². The van der Waals surface area contributed by atoms with E-state index in [9.17, 15) is 9.59 Å². The minimum Gasteiger partial charge on any atom is -0.494 e. The van der Waals surface area contributed by atoms with Gasteiger partial charge in [0.25, 0.3) is 5.91 Å². The van der Waals surface area contributed by atoms with Crippen LogP contribution in [0.1, 0.15) is 16.1 Å². The van der Waals surface area contributed by atoms with Crippen molar-refractivity contribution in [2.75, 3.05) is 12.9 Å². The molecule has 0 aliphatic heterocycles. The van der Waals surface area contributed by atoms with E-state index in [4.69, 9.17) is 16.3 Å². The summed E-state index contributed by atoms with van der Waals surface area (Å²) in [7, 11) is 1.57. The van der Waals surface area contributed by atoms with Crippen molar-refractivity contribution in [3.63, 3.8) is 0 Å². The average molecular weight is 431 g/mol. The molecule has 0 saturated carbocycles. The van der Waals surface area contributed by atoms with Crippen molar-refractivity contribution < 1.29 is 14.3 Å². The van der Waals surface area contributed by atoms with Crippen LogP contribution in [0.25, 0.3) is 5.69 Å². The third-order valence-electron chi connectivity index (χ3n) is 3.90. The summed E-state index contributed by atoms with van der Waals surface area (Å²) in [6.07, 6.45) is 1.66. The highest BCUT2D eigenvalue weighted by Gasteiger charge is 2.13. The van der Waals surface area contributed by atoms with Gasteiger partial charge >= 0.3 is 0 Å². The number of aryl methyl sites for hydroxylation is 1. The first-order chi connectivity index (χ1) is 14.0. The van der Waals surface area contributed by atoms with Crippen LogP contribution >= 0.6 is 23.4 Å². The van der Waals surface area contributed by atoms with Gasteiger partial charge in [-0.2, -0.15) is 5.10 Å². The van der Waals surface area contributed by atoms with Crippen LogP contribution in [0.2, 0.25) is 5.02 Å². The highest BCUT2D eigenvalue weighted by molar-refractivity contribution is 8.00. The summed E-state index contributed by atoms with van der Waals surface area (Å²) in [6.45, 7) is 1.96. The van der Waals surface area contributed by atoms with Crippen molar-refractivity contribution in [1.29, 1.82) is 0 Å². The Morgan fingerprint density at radius 1 is 1.14 bits per heavy atom. The number of nitrogens with one attached hydrogen (secondary N) is 2. The van der Waals surface area contributed by atoms with Gasteiger partial charge in [-0.25, -0.2) is 4.68 Å². The van der Waals surface area contributed by atoms with Gasteiger partial charge in [-0.3, -0.25) is 20.4 Å². The quantitative estimate of drug-likeness (QED) is 0.462. The molecular formula is C20H19ClN4O3S. The lowest BCUT2D eigenvalue weighted by atomic mass is 10.2. The van der Waals surface area contributed by atoms with Gasteiger partial charge in [0, 0.05) is 16.1 Å². The molecule has 1 heterocycles. The maximum absolute atomic E-state index is 12.3. The molecule has 7 nitrogen and oxygen atoms in total. The van der Waals surface area contributed by atoms with Crippen LogP contribution in [-0.4, -0.2) is 34.5 Å². The first-order valence-corrected chi connectivity index (χ1v) is 10.0. The van der Waals surface area contributed by atoms with E-state index in [1.807, 2.05) is 37.3 Å². The predicted octanol–water partition coefficient (Wildman–Crippen LogP) is 3.40. The zero-order chi connectivity index (χ0) is 20.8. The Hall–Kier alpha value is -2.97. The number of benzene rings is 2. The van der Waals surface area contributed by atoms with Gasteiger partial charge < -0.3 is 4.74 Å². The fourth-order valence-corrected chi connectivity index (χ4v) is 3.29. The molecule has 150 valence electrons. The van der Waals surface area contributed by atoms with Crippen LogP contribution in [0.4, 0.5) is 0 Å². The van der Waals surface area contributed by atoms with E-state index in [2.05, 4.69) is 16.0 Å². The molecule has 29 heavy (non-hydrogen) atoms. The summed E-state index contributed by atoms with van der Waals surface area (Å²) >= 11 is 7.17. The summed E-state index contributed by atoms with van der Waals surface area (Å²) in [4.78, 5) is 25.1. The van der Waals surface area contributed by atoms with E-state index < -0.39 is 5.91 Å². The Labute approximate surface area is 177 Å². The standard InChI is InChI=1S/C20H19ClN4O3S/c1-13-3-8-18(28-2)17(11-13)25-10-9-16(24-25)20(27)23-22-19(26)12-29-15-6-4-14(21)5-7-15/h3-11H,12H2,1-2H3,(H,22,26)(H,23,27). The second kappa shape index (κ2) is 9.49. The van der Waals surface area contributed by atoms with Gasteiger partial charge in [0.2, 0.25) is 5.91 Å². The number of methoxy groups -OCH3 is 1. The molecule has 1 aromatic heterocycles. The van der Waals surface area contributed by atoms with Gasteiger partial charge in [0.15, 0.2) is 5.69 Å². The molecule has 0 atom stereocenters. The number of aromatic nitrogens is 2. The first kappa shape index (κ1) is 20.8. The smallest absolute Gasteiger partial charge is 0.290 e. The minimum absolute atomic E-state index is 0.150. The van der Waals surface area contributed by atoms with Gasteiger partial charge in [0.1, 0.15) is 11.4 Å². The molecule has 0 bridgehead atoms. The van der Waals surface area contributed by atoms with Crippen LogP contribution in [0, 0.1) is 6.92 Å². The Morgan fingerprint density at radius 2 is 1.90 bits per heavy atom. The second-order valence-electron chi connectivity index (χ2n) is 6.07. The van der Waals surface area contributed by atoms with Gasteiger partial charge in [-0.05, 0) is 55.0 Å². The SMILES string of the molecule is COc1ccc(C)cc1-n1ccc(C(=O)NNC(=O)CSc2ccc(Cl)cc2)n1. The van der Waals surface area contributed by atoms with Crippen molar-refractivity contribution in [2.45, 2.75) is 11.8 Å². The molecule has 2 amide bonds. The zero-order valence-corrected chi connectivity index (χ0v) is 17.4. The normalized spacial score (nSPS) is 10.4. The molecule has 0 saturated heterocycles. The van der Waals surface area contributed by atoms with Crippen LogP contribution in [-0.2, 0) is 4.79 Å². The van der Waals surface area contributed by atoms with Crippen molar-refractivity contribution in [3.8, 4) is 11.4 Å². The Morgan fingerprint density at radius 3 is 2.62 bits per heavy atom. The van der Waals surface area contributed by atoms with Crippen LogP contribution < -0.4 is 15.6 Å². The third kappa shape index (κ3) is 5.52. The number of halogens is 1. The Bertz CT molecular complexity index is 1020. The number of hydrogen-bond acceptors (Lipinski definition) is 5. The van der Waals surface area contributed by atoms with Crippen molar-refractivity contribution in [2.24, 2.45) is 0 Å². The van der Waals surface area contributed by atoms with E-state index in [1.165, 1.54) is 11.8 Å². The van der Waals surface area contributed by atoms with Gasteiger partial charge in [-0.15, -0.1) is 11.8 Å². The number of amides is 2. The number of hydrogen-bond donors (Lipinski definition) is 2. The summed E-state index contributed by atoms with van der Waals surface area (Å²) in [5.41, 5.74) is 6.67. The number of thioether (sulfide) groups is 1. The van der Waals surface area contributed by atoms with Crippen LogP contribution in [0.15, 0.2) is 59.6 Å². The molecule has 9 heteroatoms. The lowest BCUT2D eigenvalue weighted by Crippen LogP contribution is -2.42. The minimum atomic E-state index is -0.514. The summed E-state index contributed by atoms with van der Waals surface area (Å²) in [6, 6.07) is 14.4. The lowest BCUT2D eigenvalue weighted by molar-refractivity contribution is -0.119. The number of nitrogens with zero attached hydrogens (tertiary/aromatic N) is 2. The summed E-state index contributed by atoms with van der Waals surface area (Å²) in [5.74, 6) is -0.0619. The number of hydrazine groups is 1. The molecule has 0 aliphatic carbocycles. The molecule has 3 rings (SSSR count). The van der Waals surface area contributed by atoms with Crippen molar-refractivity contribution in [1.82, 2.24) is 20.6 Å². The molecular weight excluding hydrogens is 412 g/mol. The summed E-state index contributed by atoms with van der Waals surface area (Å²) < 4.78 is 6.90. The topological polar surface area (TPSA) is 85.2 Å². The Kier molecular flexibility index (Phi) is 6.79. The van der Waals surface area contributed by atoms with E-state index in [1.54, 1.807) is 36.2 Å². The molecule has 0 aliphatic rings. The van der Waals surface area contributed by atoms with Crippen LogP contribution in [0.5, 0.6) is 5.75 Å². The van der Waals surface area contributed by atoms with Crippen molar-refractivity contribution in [3.05, 3.63) is 71.0 Å². The lowest BCUT2D eigenvalue weighted by Gasteiger charge is -2.09. The maximum atomic E-state index is 12.3. The summed E-state index contributed by atoms with van der Waals surface area (Å²) in [5, 5.41) is 4.90. The number of rotatable bonds is 6. The monoisotopic (exact) mass is 430 g/mol. The average Bonchev–Trinajstić information content (AvgIpc) is 3.22. The molecule has 0 fully saturated rings.